The third-order valence-electron chi connectivity index (χ3n) is 5.33. The minimum absolute atomic E-state index is 0.0493. The number of para-hydroxylation sites is 1. The lowest BCUT2D eigenvalue weighted by atomic mass is 10.2. The Kier molecular flexibility index (Phi) is 7.22. The topological polar surface area (TPSA) is 71.1 Å². The van der Waals surface area contributed by atoms with Crippen molar-refractivity contribution in [2.75, 3.05) is 50.1 Å². The van der Waals surface area contributed by atoms with Gasteiger partial charge in [0.15, 0.2) is 0 Å². The molecule has 0 radical (unpaired) electrons. The molecule has 1 saturated heterocycles. The molecule has 0 unspecified atom stereocenters. The molecule has 0 aliphatic carbocycles. The molecule has 2 amide bonds. The normalized spacial score (nSPS) is 13.3. The summed E-state index contributed by atoms with van der Waals surface area (Å²) in [6, 6.07) is 24.0. The smallest absolute Gasteiger partial charge is 0.254 e. The minimum atomic E-state index is -0.256. The summed E-state index contributed by atoms with van der Waals surface area (Å²) in [5, 5.41) is 2.85. The quantitative estimate of drug-likeness (QED) is 0.595. The molecule has 1 fully saturated rings. The third-order valence-corrected chi connectivity index (χ3v) is 5.33. The number of morpholine rings is 1. The van der Waals surface area contributed by atoms with Crippen LogP contribution in [-0.2, 0) is 9.53 Å². The molecule has 0 aromatic heterocycles. The maximum absolute atomic E-state index is 12.7. The number of likely N-dealkylation sites (N-methyl/N-ethyl adjacent to an activating group) is 1. The van der Waals surface area contributed by atoms with E-state index < -0.39 is 0 Å². The van der Waals surface area contributed by atoms with E-state index in [1.807, 2.05) is 54.6 Å². The lowest BCUT2D eigenvalue weighted by Crippen LogP contribution is -2.36. The minimum Gasteiger partial charge on any atom is -0.457 e. The molecule has 4 rings (SSSR count). The largest absolute Gasteiger partial charge is 0.457 e. The van der Waals surface area contributed by atoms with Crippen LogP contribution >= 0.6 is 0 Å². The van der Waals surface area contributed by atoms with Gasteiger partial charge in [0.25, 0.3) is 5.91 Å². The Morgan fingerprint density at radius 1 is 0.909 bits per heavy atom. The Labute approximate surface area is 193 Å². The van der Waals surface area contributed by atoms with Gasteiger partial charge in [0.2, 0.25) is 5.91 Å². The average Bonchev–Trinajstić information content (AvgIpc) is 2.85. The van der Waals surface area contributed by atoms with Crippen LogP contribution in [0.2, 0.25) is 0 Å². The van der Waals surface area contributed by atoms with E-state index in [0.717, 1.165) is 37.7 Å². The van der Waals surface area contributed by atoms with Crippen LogP contribution < -0.4 is 15.0 Å². The second-order valence-corrected chi connectivity index (χ2v) is 7.80. The van der Waals surface area contributed by atoms with Crippen LogP contribution in [0.4, 0.5) is 11.4 Å². The standard InChI is InChI=1S/C26H27N3O4/c1-28(26(31)20-7-13-24(14-8-20)33-23-5-3-2-4-6-23)19-25(30)27-21-9-11-22(12-10-21)29-15-17-32-18-16-29/h2-14H,15-19H2,1H3,(H,27,30). The number of benzene rings is 3. The molecule has 170 valence electrons. The van der Waals surface area contributed by atoms with E-state index in [0.29, 0.717) is 17.0 Å². The SMILES string of the molecule is CN(CC(=O)Nc1ccc(N2CCOCC2)cc1)C(=O)c1ccc(Oc2ccccc2)cc1. The van der Waals surface area contributed by atoms with E-state index in [9.17, 15) is 9.59 Å². The number of amides is 2. The maximum Gasteiger partial charge on any atom is 0.254 e. The van der Waals surface area contributed by atoms with E-state index in [2.05, 4.69) is 10.2 Å². The van der Waals surface area contributed by atoms with Gasteiger partial charge in [0, 0.05) is 37.1 Å². The molecular weight excluding hydrogens is 418 g/mol. The zero-order valence-electron chi connectivity index (χ0n) is 18.6. The fourth-order valence-corrected chi connectivity index (χ4v) is 3.58. The highest BCUT2D eigenvalue weighted by Gasteiger charge is 2.16. The Balaban J connectivity index is 1.28. The Bertz CT molecular complexity index is 1060. The van der Waals surface area contributed by atoms with Gasteiger partial charge in [-0.05, 0) is 60.7 Å². The highest BCUT2D eigenvalue weighted by Crippen LogP contribution is 2.22. The van der Waals surface area contributed by atoms with Crippen LogP contribution in [0.3, 0.4) is 0 Å². The molecular formula is C26H27N3O4. The molecule has 0 spiro atoms. The number of carbonyl (C=O) groups excluding carboxylic acids is 2. The Morgan fingerprint density at radius 3 is 2.21 bits per heavy atom. The molecule has 33 heavy (non-hydrogen) atoms. The summed E-state index contributed by atoms with van der Waals surface area (Å²) in [5.74, 6) is 0.870. The van der Waals surface area contributed by atoms with E-state index in [1.165, 1.54) is 4.90 Å². The van der Waals surface area contributed by atoms with Crippen molar-refractivity contribution in [2.24, 2.45) is 0 Å². The van der Waals surface area contributed by atoms with Crippen molar-refractivity contribution >= 4 is 23.2 Å². The highest BCUT2D eigenvalue weighted by molar-refractivity contribution is 5.99. The summed E-state index contributed by atoms with van der Waals surface area (Å²) in [7, 11) is 1.61. The van der Waals surface area contributed by atoms with Gasteiger partial charge in [0.05, 0.1) is 19.8 Å². The molecule has 3 aromatic rings. The van der Waals surface area contributed by atoms with Gasteiger partial charge in [0.1, 0.15) is 11.5 Å². The van der Waals surface area contributed by atoms with Gasteiger partial charge >= 0.3 is 0 Å². The van der Waals surface area contributed by atoms with E-state index >= 15 is 0 Å². The summed E-state index contributed by atoms with van der Waals surface area (Å²) in [4.78, 5) is 28.8. The zero-order valence-corrected chi connectivity index (χ0v) is 18.6. The number of carbonyl (C=O) groups is 2. The van der Waals surface area contributed by atoms with Crippen LogP contribution in [0, 0.1) is 0 Å². The maximum atomic E-state index is 12.7. The monoisotopic (exact) mass is 445 g/mol. The summed E-state index contributed by atoms with van der Waals surface area (Å²) in [6.45, 7) is 3.12. The first kappa shape index (κ1) is 22.4. The Morgan fingerprint density at radius 2 is 1.55 bits per heavy atom. The van der Waals surface area contributed by atoms with Gasteiger partial charge in [-0.2, -0.15) is 0 Å². The molecule has 7 heteroatoms. The third kappa shape index (κ3) is 6.11. The van der Waals surface area contributed by atoms with Gasteiger partial charge in [-0.15, -0.1) is 0 Å². The van der Waals surface area contributed by atoms with Crippen LogP contribution in [0.15, 0.2) is 78.9 Å². The van der Waals surface area contributed by atoms with Crippen LogP contribution in [0.1, 0.15) is 10.4 Å². The molecule has 1 heterocycles. The number of anilines is 2. The van der Waals surface area contributed by atoms with Crippen molar-refractivity contribution in [1.82, 2.24) is 4.90 Å². The molecule has 7 nitrogen and oxygen atoms in total. The highest BCUT2D eigenvalue weighted by atomic mass is 16.5. The number of ether oxygens (including phenoxy) is 2. The van der Waals surface area contributed by atoms with Gasteiger partial charge in [-0.3, -0.25) is 9.59 Å². The van der Waals surface area contributed by atoms with Crippen LogP contribution in [0.25, 0.3) is 0 Å². The number of hydrogen-bond acceptors (Lipinski definition) is 5. The molecule has 3 aromatic carbocycles. The van der Waals surface area contributed by atoms with Crippen molar-refractivity contribution in [2.45, 2.75) is 0 Å². The summed E-state index contributed by atoms with van der Waals surface area (Å²) < 4.78 is 11.1. The van der Waals surface area contributed by atoms with Gasteiger partial charge in [-0.25, -0.2) is 0 Å². The van der Waals surface area contributed by atoms with E-state index in [4.69, 9.17) is 9.47 Å². The predicted octanol–water partition coefficient (Wildman–Crippen LogP) is 4.03. The molecule has 0 bridgehead atoms. The summed E-state index contributed by atoms with van der Waals surface area (Å²) >= 11 is 0. The van der Waals surface area contributed by atoms with Crippen molar-refractivity contribution in [3.05, 3.63) is 84.4 Å². The number of rotatable bonds is 7. The van der Waals surface area contributed by atoms with Crippen molar-refractivity contribution in [3.8, 4) is 11.5 Å². The van der Waals surface area contributed by atoms with Crippen molar-refractivity contribution < 1.29 is 19.1 Å². The van der Waals surface area contributed by atoms with Crippen molar-refractivity contribution in [3.63, 3.8) is 0 Å². The summed E-state index contributed by atoms with van der Waals surface area (Å²) in [5.41, 5.74) is 2.28. The second-order valence-electron chi connectivity index (χ2n) is 7.80. The molecule has 0 saturated carbocycles. The zero-order chi connectivity index (χ0) is 23.0. The van der Waals surface area contributed by atoms with E-state index in [1.54, 1.807) is 31.3 Å². The number of nitrogens with one attached hydrogen (secondary N) is 1. The fourth-order valence-electron chi connectivity index (χ4n) is 3.58. The number of nitrogens with zero attached hydrogens (tertiary/aromatic N) is 2. The lowest BCUT2D eigenvalue weighted by molar-refractivity contribution is -0.116. The second kappa shape index (κ2) is 10.7. The summed E-state index contributed by atoms with van der Waals surface area (Å²) in [6.07, 6.45) is 0. The number of hydrogen-bond donors (Lipinski definition) is 1. The average molecular weight is 446 g/mol. The molecule has 1 N–H and O–H groups in total. The predicted molar refractivity (Wildman–Crippen MR) is 128 cm³/mol. The van der Waals surface area contributed by atoms with Crippen molar-refractivity contribution in [1.29, 1.82) is 0 Å². The van der Waals surface area contributed by atoms with E-state index in [-0.39, 0.29) is 18.4 Å². The first-order chi connectivity index (χ1) is 16.1. The molecule has 0 atom stereocenters. The molecule has 1 aliphatic heterocycles. The van der Waals surface area contributed by atoms with Gasteiger partial charge in [-0.1, -0.05) is 18.2 Å². The molecule has 1 aliphatic rings. The first-order valence-electron chi connectivity index (χ1n) is 10.9. The first-order valence-corrected chi connectivity index (χ1v) is 10.9. The van der Waals surface area contributed by atoms with Crippen LogP contribution in [-0.4, -0.2) is 56.6 Å². The Hall–Kier alpha value is -3.84. The van der Waals surface area contributed by atoms with Crippen LogP contribution in [0.5, 0.6) is 11.5 Å². The lowest BCUT2D eigenvalue weighted by Gasteiger charge is -2.28. The fraction of sp³-hybridized carbons (Fsp3) is 0.231. The van der Waals surface area contributed by atoms with Gasteiger partial charge < -0.3 is 24.6 Å².